The monoisotopic (exact) mass is 332 g/mol. The highest BCUT2D eigenvalue weighted by atomic mass is 127. The van der Waals surface area contributed by atoms with E-state index in [0.717, 1.165) is 16.1 Å². The van der Waals surface area contributed by atoms with E-state index in [9.17, 15) is 0 Å². The van der Waals surface area contributed by atoms with Crippen LogP contribution in [0.3, 0.4) is 0 Å². The van der Waals surface area contributed by atoms with Crippen LogP contribution in [0.25, 0.3) is 0 Å². The van der Waals surface area contributed by atoms with Gasteiger partial charge in [-0.2, -0.15) is 0 Å². The second kappa shape index (κ2) is 5.77. The lowest BCUT2D eigenvalue weighted by atomic mass is 9.84. The molecule has 88 valence electrons. The van der Waals surface area contributed by atoms with Crippen molar-refractivity contribution in [1.29, 1.82) is 0 Å². The Kier molecular flexibility index (Phi) is 4.34. The molecule has 1 aliphatic carbocycles. The van der Waals surface area contributed by atoms with Gasteiger partial charge in [0.2, 0.25) is 5.95 Å². The zero-order valence-corrected chi connectivity index (χ0v) is 11.4. The molecule has 1 aromatic rings. The minimum Gasteiger partial charge on any atom is -0.351 e. The molecule has 1 heterocycles. The molecule has 1 aliphatic rings. The van der Waals surface area contributed by atoms with Gasteiger partial charge in [0.1, 0.15) is 0 Å². The number of nitrogens with two attached hydrogens (primary N) is 1. The molecule has 2 atom stereocenters. The Morgan fingerprint density at radius 3 is 2.69 bits per heavy atom. The first-order valence-electron chi connectivity index (χ1n) is 5.73. The van der Waals surface area contributed by atoms with Crippen LogP contribution >= 0.6 is 22.6 Å². The van der Waals surface area contributed by atoms with E-state index in [1.807, 2.05) is 12.4 Å². The number of nitrogens with one attached hydrogen (secondary N) is 1. The summed E-state index contributed by atoms with van der Waals surface area (Å²) in [5.41, 5.74) is 5.79. The molecule has 0 amide bonds. The zero-order valence-electron chi connectivity index (χ0n) is 9.19. The second-order valence-corrected chi connectivity index (χ2v) is 5.50. The third-order valence-corrected chi connectivity index (χ3v) is 3.70. The lowest BCUT2D eigenvalue weighted by molar-refractivity contribution is 0.331. The van der Waals surface area contributed by atoms with Crippen molar-refractivity contribution in [3.05, 3.63) is 16.0 Å². The molecule has 0 spiro atoms. The van der Waals surface area contributed by atoms with Crippen molar-refractivity contribution in [2.24, 2.45) is 11.7 Å². The molecule has 3 N–H and O–H groups in total. The largest absolute Gasteiger partial charge is 0.351 e. The van der Waals surface area contributed by atoms with Crippen LogP contribution < -0.4 is 11.1 Å². The highest BCUT2D eigenvalue weighted by Gasteiger charge is 2.24. The number of rotatable bonds is 3. The number of nitrogens with zero attached hydrogens (tertiary/aromatic N) is 2. The van der Waals surface area contributed by atoms with Crippen molar-refractivity contribution in [3.63, 3.8) is 0 Å². The lowest BCUT2D eigenvalue weighted by Gasteiger charge is -2.31. The van der Waals surface area contributed by atoms with Gasteiger partial charge in [-0.15, -0.1) is 0 Å². The molecular formula is C11H17IN4. The number of hydrogen-bond acceptors (Lipinski definition) is 4. The van der Waals surface area contributed by atoms with Crippen LogP contribution in [-0.2, 0) is 0 Å². The fourth-order valence-corrected chi connectivity index (χ4v) is 2.51. The standard InChI is InChI=1S/C11H17IN4/c12-9-6-14-11(15-7-9)16-10-4-2-1-3-8(10)5-13/h6-8,10H,1-5,13H2,(H,14,15,16). The summed E-state index contributed by atoms with van der Waals surface area (Å²) >= 11 is 2.21. The van der Waals surface area contributed by atoms with Crippen molar-refractivity contribution >= 4 is 28.5 Å². The van der Waals surface area contributed by atoms with E-state index in [0.29, 0.717) is 12.0 Å². The van der Waals surface area contributed by atoms with Crippen LogP contribution in [0.15, 0.2) is 12.4 Å². The quantitative estimate of drug-likeness (QED) is 0.831. The Balaban J connectivity index is 1.99. The molecule has 4 nitrogen and oxygen atoms in total. The molecular weight excluding hydrogens is 315 g/mol. The van der Waals surface area contributed by atoms with Gasteiger partial charge >= 0.3 is 0 Å². The number of anilines is 1. The molecule has 0 radical (unpaired) electrons. The van der Waals surface area contributed by atoms with Gasteiger partial charge in [-0.05, 0) is 47.9 Å². The smallest absolute Gasteiger partial charge is 0.222 e. The van der Waals surface area contributed by atoms with E-state index in [-0.39, 0.29) is 0 Å². The van der Waals surface area contributed by atoms with Gasteiger partial charge in [0, 0.05) is 22.0 Å². The Hall–Kier alpha value is -0.430. The van der Waals surface area contributed by atoms with Crippen molar-refractivity contribution in [3.8, 4) is 0 Å². The summed E-state index contributed by atoms with van der Waals surface area (Å²) < 4.78 is 1.06. The van der Waals surface area contributed by atoms with Crippen molar-refractivity contribution in [2.75, 3.05) is 11.9 Å². The summed E-state index contributed by atoms with van der Waals surface area (Å²) in [5.74, 6) is 1.29. The first-order valence-corrected chi connectivity index (χ1v) is 6.81. The highest BCUT2D eigenvalue weighted by Crippen LogP contribution is 2.25. The Morgan fingerprint density at radius 2 is 2.00 bits per heavy atom. The van der Waals surface area contributed by atoms with Crippen molar-refractivity contribution in [2.45, 2.75) is 31.7 Å². The predicted molar refractivity (Wildman–Crippen MR) is 73.2 cm³/mol. The molecule has 1 fully saturated rings. The minimum absolute atomic E-state index is 0.443. The maximum atomic E-state index is 5.79. The highest BCUT2D eigenvalue weighted by molar-refractivity contribution is 14.1. The Labute approximate surface area is 110 Å². The number of halogens is 1. The lowest BCUT2D eigenvalue weighted by Crippen LogP contribution is -2.37. The van der Waals surface area contributed by atoms with Crippen LogP contribution in [0, 0.1) is 9.49 Å². The van der Waals surface area contributed by atoms with Gasteiger partial charge in [0.25, 0.3) is 0 Å². The molecule has 5 heteroatoms. The maximum absolute atomic E-state index is 5.79. The van der Waals surface area contributed by atoms with Gasteiger partial charge in [0.15, 0.2) is 0 Å². The van der Waals surface area contributed by atoms with E-state index in [1.165, 1.54) is 25.7 Å². The number of hydrogen-bond donors (Lipinski definition) is 2. The van der Waals surface area contributed by atoms with E-state index in [2.05, 4.69) is 37.9 Å². The van der Waals surface area contributed by atoms with Crippen molar-refractivity contribution < 1.29 is 0 Å². The van der Waals surface area contributed by atoms with Crippen LogP contribution in [0.4, 0.5) is 5.95 Å². The van der Waals surface area contributed by atoms with E-state index < -0.39 is 0 Å². The van der Waals surface area contributed by atoms with Crippen LogP contribution in [-0.4, -0.2) is 22.6 Å². The molecule has 2 unspecified atom stereocenters. The van der Waals surface area contributed by atoms with Crippen molar-refractivity contribution in [1.82, 2.24) is 9.97 Å². The maximum Gasteiger partial charge on any atom is 0.222 e. The fraction of sp³-hybridized carbons (Fsp3) is 0.636. The molecule has 1 aromatic heterocycles. The molecule has 0 saturated heterocycles. The average Bonchev–Trinajstić information content (AvgIpc) is 2.33. The second-order valence-electron chi connectivity index (χ2n) is 4.26. The van der Waals surface area contributed by atoms with E-state index in [1.54, 1.807) is 0 Å². The summed E-state index contributed by atoms with van der Waals surface area (Å²) in [4.78, 5) is 8.54. The summed E-state index contributed by atoms with van der Waals surface area (Å²) in [5, 5.41) is 3.40. The minimum atomic E-state index is 0.443. The SMILES string of the molecule is NCC1CCCCC1Nc1ncc(I)cn1. The number of aromatic nitrogens is 2. The zero-order chi connectivity index (χ0) is 11.4. The summed E-state index contributed by atoms with van der Waals surface area (Å²) in [6.07, 6.45) is 8.63. The van der Waals surface area contributed by atoms with Gasteiger partial charge < -0.3 is 11.1 Å². The first kappa shape index (κ1) is 12.0. The van der Waals surface area contributed by atoms with Gasteiger partial charge in [-0.3, -0.25) is 0 Å². The molecule has 16 heavy (non-hydrogen) atoms. The van der Waals surface area contributed by atoms with Gasteiger partial charge in [0.05, 0.1) is 0 Å². The molecule has 1 saturated carbocycles. The fourth-order valence-electron chi connectivity index (χ4n) is 2.23. The normalized spacial score (nSPS) is 25.4. The molecule has 0 aromatic carbocycles. The summed E-state index contributed by atoms with van der Waals surface area (Å²) in [6, 6.07) is 0.443. The molecule has 2 rings (SSSR count). The van der Waals surface area contributed by atoms with E-state index >= 15 is 0 Å². The molecule has 0 bridgehead atoms. The molecule has 0 aliphatic heterocycles. The summed E-state index contributed by atoms with van der Waals surface area (Å²) in [7, 11) is 0. The summed E-state index contributed by atoms with van der Waals surface area (Å²) in [6.45, 7) is 0.752. The van der Waals surface area contributed by atoms with E-state index in [4.69, 9.17) is 5.73 Å². The predicted octanol–water partition coefficient (Wildman–Crippen LogP) is 2.01. The van der Waals surface area contributed by atoms with Gasteiger partial charge in [-0.1, -0.05) is 12.8 Å². The topological polar surface area (TPSA) is 63.8 Å². The van der Waals surface area contributed by atoms with Crippen LogP contribution in [0.1, 0.15) is 25.7 Å². The Morgan fingerprint density at radius 1 is 1.31 bits per heavy atom. The van der Waals surface area contributed by atoms with Gasteiger partial charge in [-0.25, -0.2) is 9.97 Å². The van der Waals surface area contributed by atoms with Crippen LogP contribution in [0.2, 0.25) is 0 Å². The Bertz CT molecular complexity index is 327. The average molecular weight is 332 g/mol. The van der Waals surface area contributed by atoms with Crippen LogP contribution in [0.5, 0.6) is 0 Å². The first-order chi connectivity index (χ1) is 7.79. The third kappa shape index (κ3) is 3.04. The third-order valence-electron chi connectivity index (χ3n) is 3.15.